The van der Waals surface area contributed by atoms with Gasteiger partial charge in [0.05, 0.1) is 0 Å². The molecular weight excluding hydrogens is 210 g/mol. The quantitative estimate of drug-likeness (QED) is 0.811. The standard InChI is InChI=1S/C14H29N3/c1-12-6-9-17(11-14(12)15)10-7-13-5-3-4-8-16(13)2/h12-14H,3-11,15H2,1-2H3. The first-order valence-corrected chi connectivity index (χ1v) is 7.35. The molecule has 0 aromatic rings. The molecule has 3 heteroatoms. The van der Waals surface area contributed by atoms with Crippen LogP contribution < -0.4 is 5.73 Å². The van der Waals surface area contributed by atoms with E-state index in [9.17, 15) is 0 Å². The average Bonchev–Trinajstić information content (AvgIpc) is 2.32. The predicted molar refractivity (Wildman–Crippen MR) is 73.1 cm³/mol. The zero-order valence-corrected chi connectivity index (χ0v) is 11.6. The van der Waals surface area contributed by atoms with Crippen LogP contribution in [0.3, 0.4) is 0 Å². The van der Waals surface area contributed by atoms with Crippen LogP contribution in [0.1, 0.15) is 39.0 Å². The summed E-state index contributed by atoms with van der Waals surface area (Å²) in [5.41, 5.74) is 6.15. The highest BCUT2D eigenvalue weighted by molar-refractivity contribution is 4.82. The zero-order valence-electron chi connectivity index (χ0n) is 11.6. The van der Waals surface area contributed by atoms with Gasteiger partial charge in [-0.15, -0.1) is 0 Å². The summed E-state index contributed by atoms with van der Waals surface area (Å²) in [6.07, 6.45) is 6.82. The molecule has 3 unspecified atom stereocenters. The van der Waals surface area contributed by atoms with Crippen LogP contribution in [-0.4, -0.2) is 55.1 Å². The molecule has 2 aliphatic rings. The van der Waals surface area contributed by atoms with Gasteiger partial charge in [0, 0.05) is 18.6 Å². The van der Waals surface area contributed by atoms with E-state index in [1.54, 1.807) is 0 Å². The molecule has 2 heterocycles. The Morgan fingerprint density at radius 1 is 1.18 bits per heavy atom. The highest BCUT2D eigenvalue weighted by atomic mass is 15.2. The summed E-state index contributed by atoms with van der Waals surface area (Å²) in [7, 11) is 2.29. The topological polar surface area (TPSA) is 32.5 Å². The second-order valence-electron chi connectivity index (χ2n) is 6.15. The number of likely N-dealkylation sites (tertiary alicyclic amines) is 2. The minimum atomic E-state index is 0.396. The molecule has 2 N–H and O–H groups in total. The Balaban J connectivity index is 1.71. The Labute approximate surface area is 106 Å². The number of nitrogens with zero attached hydrogens (tertiary/aromatic N) is 2. The summed E-state index contributed by atoms with van der Waals surface area (Å²) in [5, 5.41) is 0. The van der Waals surface area contributed by atoms with Crippen molar-refractivity contribution in [2.75, 3.05) is 33.2 Å². The molecule has 2 rings (SSSR count). The lowest BCUT2D eigenvalue weighted by Crippen LogP contribution is -2.48. The first kappa shape index (κ1) is 13.3. The SMILES string of the molecule is CC1CCN(CCC2CCCCN2C)CC1N. The first-order chi connectivity index (χ1) is 8.16. The maximum absolute atomic E-state index is 6.15. The number of nitrogens with two attached hydrogens (primary N) is 1. The third-order valence-electron chi connectivity index (χ3n) is 4.80. The Kier molecular flexibility index (Phi) is 4.83. The van der Waals surface area contributed by atoms with E-state index < -0.39 is 0 Å². The Bertz CT molecular complexity index is 232. The van der Waals surface area contributed by atoms with E-state index in [0.717, 1.165) is 12.6 Å². The van der Waals surface area contributed by atoms with E-state index in [1.165, 1.54) is 51.7 Å². The van der Waals surface area contributed by atoms with E-state index in [1.807, 2.05) is 0 Å². The summed E-state index contributed by atoms with van der Waals surface area (Å²) in [6.45, 7) is 7.19. The molecule has 2 saturated heterocycles. The van der Waals surface area contributed by atoms with Crippen LogP contribution in [-0.2, 0) is 0 Å². The van der Waals surface area contributed by atoms with E-state index >= 15 is 0 Å². The average molecular weight is 239 g/mol. The number of hydrogen-bond acceptors (Lipinski definition) is 3. The molecular formula is C14H29N3. The third-order valence-corrected chi connectivity index (χ3v) is 4.80. The molecule has 3 nitrogen and oxygen atoms in total. The van der Waals surface area contributed by atoms with E-state index in [4.69, 9.17) is 5.73 Å². The van der Waals surface area contributed by atoms with Gasteiger partial charge in [-0.1, -0.05) is 13.3 Å². The molecule has 0 bridgehead atoms. The maximum Gasteiger partial charge on any atom is 0.0194 e. The van der Waals surface area contributed by atoms with Crippen molar-refractivity contribution < 1.29 is 0 Å². The van der Waals surface area contributed by atoms with Crippen LogP contribution in [0.4, 0.5) is 0 Å². The zero-order chi connectivity index (χ0) is 12.3. The van der Waals surface area contributed by atoms with Crippen LogP contribution in [0, 0.1) is 5.92 Å². The van der Waals surface area contributed by atoms with Gasteiger partial charge in [-0.25, -0.2) is 0 Å². The molecule has 100 valence electrons. The second-order valence-corrected chi connectivity index (χ2v) is 6.15. The largest absolute Gasteiger partial charge is 0.326 e. The fourth-order valence-corrected chi connectivity index (χ4v) is 3.21. The Morgan fingerprint density at radius 2 is 2.00 bits per heavy atom. The van der Waals surface area contributed by atoms with Crippen molar-refractivity contribution in [1.29, 1.82) is 0 Å². The molecule has 0 spiro atoms. The molecule has 0 aromatic carbocycles. The van der Waals surface area contributed by atoms with Gasteiger partial charge in [-0.2, -0.15) is 0 Å². The van der Waals surface area contributed by atoms with Crippen molar-refractivity contribution in [3.8, 4) is 0 Å². The lowest BCUT2D eigenvalue weighted by Gasteiger charge is -2.38. The van der Waals surface area contributed by atoms with Gasteiger partial charge in [0.2, 0.25) is 0 Å². The maximum atomic E-state index is 6.15. The normalized spacial score (nSPS) is 37.2. The van der Waals surface area contributed by atoms with Crippen LogP contribution in [0.25, 0.3) is 0 Å². The molecule has 3 atom stereocenters. The Hall–Kier alpha value is -0.120. The van der Waals surface area contributed by atoms with Gasteiger partial charge < -0.3 is 15.5 Å². The number of hydrogen-bond donors (Lipinski definition) is 1. The highest BCUT2D eigenvalue weighted by Gasteiger charge is 2.24. The monoisotopic (exact) mass is 239 g/mol. The van der Waals surface area contributed by atoms with Gasteiger partial charge in [-0.3, -0.25) is 0 Å². The second kappa shape index (κ2) is 6.17. The lowest BCUT2D eigenvalue weighted by atomic mass is 9.93. The predicted octanol–water partition coefficient (Wildman–Crippen LogP) is 1.53. The van der Waals surface area contributed by atoms with Crippen molar-refractivity contribution in [3.05, 3.63) is 0 Å². The molecule has 2 fully saturated rings. The van der Waals surface area contributed by atoms with Crippen molar-refractivity contribution in [1.82, 2.24) is 9.80 Å². The summed E-state index contributed by atoms with van der Waals surface area (Å²) in [4.78, 5) is 5.13. The first-order valence-electron chi connectivity index (χ1n) is 7.35. The smallest absolute Gasteiger partial charge is 0.0194 e. The molecule has 0 saturated carbocycles. The molecule has 2 aliphatic heterocycles. The fraction of sp³-hybridized carbons (Fsp3) is 1.00. The molecule has 0 aromatic heterocycles. The van der Waals surface area contributed by atoms with Gasteiger partial charge in [0.15, 0.2) is 0 Å². The Morgan fingerprint density at radius 3 is 2.71 bits per heavy atom. The number of piperidine rings is 2. The highest BCUT2D eigenvalue weighted by Crippen LogP contribution is 2.20. The fourth-order valence-electron chi connectivity index (χ4n) is 3.21. The minimum absolute atomic E-state index is 0.396. The summed E-state index contributed by atoms with van der Waals surface area (Å²) >= 11 is 0. The van der Waals surface area contributed by atoms with Crippen LogP contribution in [0.2, 0.25) is 0 Å². The van der Waals surface area contributed by atoms with Crippen molar-refractivity contribution in [2.24, 2.45) is 11.7 Å². The summed E-state index contributed by atoms with van der Waals surface area (Å²) < 4.78 is 0. The summed E-state index contributed by atoms with van der Waals surface area (Å²) in [6, 6.07) is 1.21. The van der Waals surface area contributed by atoms with E-state index in [0.29, 0.717) is 12.0 Å². The van der Waals surface area contributed by atoms with Gasteiger partial charge in [0.25, 0.3) is 0 Å². The third kappa shape index (κ3) is 3.67. The van der Waals surface area contributed by atoms with Crippen molar-refractivity contribution in [2.45, 2.75) is 51.1 Å². The van der Waals surface area contributed by atoms with Crippen LogP contribution in [0.15, 0.2) is 0 Å². The lowest BCUT2D eigenvalue weighted by molar-refractivity contribution is 0.127. The van der Waals surface area contributed by atoms with Gasteiger partial charge >= 0.3 is 0 Å². The minimum Gasteiger partial charge on any atom is -0.326 e. The van der Waals surface area contributed by atoms with E-state index in [-0.39, 0.29) is 0 Å². The molecule has 0 radical (unpaired) electrons. The van der Waals surface area contributed by atoms with E-state index in [2.05, 4.69) is 23.8 Å². The van der Waals surface area contributed by atoms with Crippen LogP contribution >= 0.6 is 0 Å². The molecule has 0 amide bonds. The molecule has 0 aliphatic carbocycles. The van der Waals surface area contributed by atoms with Crippen molar-refractivity contribution >= 4 is 0 Å². The van der Waals surface area contributed by atoms with Crippen LogP contribution in [0.5, 0.6) is 0 Å². The number of rotatable bonds is 3. The van der Waals surface area contributed by atoms with Gasteiger partial charge in [-0.05, 0) is 58.3 Å². The summed E-state index contributed by atoms with van der Waals surface area (Å²) in [5.74, 6) is 0.712. The molecule has 17 heavy (non-hydrogen) atoms. The van der Waals surface area contributed by atoms with Crippen molar-refractivity contribution in [3.63, 3.8) is 0 Å². The van der Waals surface area contributed by atoms with Gasteiger partial charge in [0.1, 0.15) is 0 Å².